The average Bonchev–Trinajstić information content (AvgIpc) is 2.16. The molecule has 1 nitrogen and oxygen atoms in total. The molecule has 84 valence electrons. The smallest absolute Gasteiger partial charge is 0.0608 e. The van der Waals surface area contributed by atoms with Crippen molar-refractivity contribution < 1.29 is 5.11 Å². The van der Waals surface area contributed by atoms with E-state index in [1.807, 2.05) is 0 Å². The summed E-state index contributed by atoms with van der Waals surface area (Å²) in [6.45, 7) is 10.8. The Labute approximate surface area is 92.9 Å². The van der Waals surface area contributed by atoms with Crippen LogP contribution in [-0.4, -0.2) is 11.2 Å². The van der Waals surface area contributed by atoms with E-state index in [9.17, 15) is 5.11 Å². The maximum absolute atomic E-state index is 10.1. The molecule has 1 N–H and O–H groups in total. The minimum absolute atomic E-state index is 0.135. The highest BCUT2D eigenvalue weighted by atomic mass is 16.3. The van der Waals surface area contributed by atoms with Crippen LogP contribution >= 0.6 is 0 Å². The lowest BCUT2D eigenvalue weighted by Crippen LogP contribution is -2.45. The highest BCUT2D eigenvalue weighted by Gasteiger charge is 2.47. The minimum atomic E-state index is -0.135. The summed E-state index contributed by atoms with van der Waals surface area (Å²) in [4.78, 5) is 0. The molecule has 1 heteroatoms. The van der Waals surface area contributed by atoms with Gasteiger partial charge in [0.05, 0.1) is 6.10 Å². The lowest BCUT2D eigenvalue weighted by molar-refractivity contribution is -0.00600. The topological polar surface area (TPSA) is 20.2 Å². The molecule has 0 saturated heterocycles. The highest BCUT2D eigenvalue weighted by molar-refractivity contribution is 5.24. The summed E-state index contributed by atoms with van der Waals surface area (Å²) < 4.78 is 0. The van der Waals surface area contributed by atoms with Crippen LogP contribution in [0.5, 0.6) is 0 Å². The molecule has 2 aliphatic rings. The monoisotopic (exact) mass is 206 g/mol. The van der Waals surface area contributed by atoms with E-state index in [-0.39, 0.29) is 11.5 Å². The van der Waals surface area contributed by atoms with Crippen LogP contribution in [0.4, 0.5) is 0 Å². The van der Waals surface area contributed by atoms with Crippen LogP contribution in [0.25, 0.3) is 0 Å². The van der Waals surface area contributed by atoms with Gasteiger partial charge in [0.25, 0.3) is 0 Å². The summed E-state index contributed by atoms with van der Waals surface area (Å²) in [5.41, 5.74) is 2.95. The lowest BCUT2D eigenvalue weighted by Gasteiger charge is -2.51. The van der Waals surface area contributed by atoms with E-state index in [1.54, 1.807) is 0 Å². The third-order valence-electron chi connectivity index (χ3n) is 4.81. The molecule has 0 aromatic carbocycles. The molecule has 0 aromatic heterocycles. The molecule has 0 aromatic rings. The minimum Gasteiger partial charge on any atom is -0.392 e. The lowest BCUT2D eigenvalue weighted by atomic mass is 9.54. The van der Waals surface area contributed by atoms with Crippen molar-refractivity contribution in [1.29, 1.82) is 0 Å². The summed E-state index contributed by atoms with van der Waals surface area (Å²) >= 11 is 0. The molecule has 0 aliphatic heterocycles. The molecule has 0 heterocycles. The maximum atomic E-state index is 10.1. The molecule has 1 saturated carbocycles. The number of aliphatic hydroxyl groups excluding tert-OH is 1. The van der Waals surface area contributed by atoms with Crippen LogP contribution in [0.1, 0.15) is 40.0 Å². The first-order valence-corrected chi connectivity index (χ1v) is 5.98. The molecular weight excluding hydrogens is 184 g/mol. The van der Waals surface area contributed by atoms with E-state index in [2.05, 4.69) is 33.4 Å². The summed E-state index contributed by atoms with van der Waals surface area (Å²) in [5.74, 6) is 0.942. The molecule has 2 aliphatic carbocycles. The van der Waals surface area contributed by atoms with Crippen molar-refractivity contribution >= 4 is 0 Å². The van der Waals surface area contributed by atoms with E-state index >= 15 is 0 Å². The molecule has 4 unspecified atom stereocenters. The van der Waals surface area contributed by atoms with Crippen molar-refractivity contribution in [2.24, 2.45) is 17.3 Å². The Bertz CT molecular complexity index is 315. The van der Waals surface area contributed by atoms with Gasteiger partial charge in [-0.15, -0.1) is 0 Å². The standard InChI is InChI=1S/C14H22O/c1-9(2)14-6-5-10(3)12(8-14)13(15)7-11(14)4/h5,11-13,15H,1,6-8H2,2-4H3. The number of aliphatic hydroxyl groups is 1. The van der Waals surface area contributed by atoms with Gasteiger partial charge in [-0.3, -0.25) is 0 Å². The second-order valence-corrected chi connectivity index (χ2v) is 5.60. The van der Waals surface area contributed by atoms with Gasteiger partial charge in [-0.1, -0.05) is 30.7 Å². The molecule has 0 radical (unpaired) electrons. The van der Waals surface area contributed by atoms with E-state index in [0.29, 0.717) is 11.8 Å². The Morgan fingerprint density at radius 1 is 1.60 bits per heavy atom. The van der Waals surface area contributed by atoms with Crippen LogP contribution in [0.2, 0.25) is 0 Å². The number of fused-ring (bicyclic) bond motifs is 2. The Morgan fingerprint density at radius 3 is 2.87 bits per heavy atom. The number of hydrogen-bond donors (Lipinski definition) is 1. The molecule has 4 atom stereocenters. The first-order valence-electron chi connectivity index (χ1n) is 5.98. The molecule has 15 heavy (non-hydrogen) atoms. The Balaban J connectivity index is 2.39. The van der Waals surface area contributed by atoms with E-state index in [0.717, 1.165) is 19.3 Å². The fourth-order valence-corrected chi connectivity index (χ4v) is 3.49. The van der Waals surface area contributed by atoms with Crippen LogP contribution in [0, 0.1) is 17.3 Å². The summed E-state index contributed by atoms with van der Waals surface area (Å²) in [5, 5.41) is 10.1. The Kier molecular flexibility index (Phi) is 2.54. The number of rotatable bonds is 1. The van der Waals surface area contributed by atoms with Crippen molar-refractivity contribution in [3.05, 3.63) is 23.8 Å². The van der Waals surface area contributed by atoms with Crippen molar-refractivity contribution in [1.82, 2.24) is 0 Å². The maximum Gasteiger partial charge on any atom is 0.0608 e. The van der Waals surface area contributed by atoms with Gasteiger partial charge < -0.3 is 5.11 Å². The van der Waals surface area contributed by atoms with Crippen molar-refractivity contribution in [3.8, 4) is 0 Å². The fraction of sp³-hybridized carbons (Fsp3) is 0.714. The van der Waals surface area contributed by atoms with Gasteiger partial charge in [-0.2, -0.15) is 0 Å². The number of hydrogen-bond acceptors (Lipinski definition) is 1. The Morgan fingerprint density at radius 2 is 2.27 bits per heavy atom. The van der Waals surface area contributed by atoms with Crippen molar-refractivity contribution in [2.45, 2.75) is 46.1 Å². The van der Waals surface area contributed by atoms with Gasteiger partial charge in [-0.05, 0) is 44.4 Å². The zero-order valence-corrected chi connectivity index (χ0v) is 10.1. The van der Waals surface area contributed by atoms with Gasteiger partial charge in [-0.25, -0.2) is 0 Å². The molecule has 0 amide bonds. The summed E-state index contributed by atoms with van der Waals surface area (Å²) in [6.07, 6.45) is 5.35. The van der Waals surface area contributed by atoms with Gasteiger partial charge in [0.15, 0.2) is 0 Å². The largest absolute Gasteiger partial charge is 0.392 e. The third kappa shape index (κ3) is 1.48. The van der Waals surface area contributed by atoms with Gasteiger partial charge in [0.1, 0.15) is 0 Å². The van der Waals surface area contributed by atoms with Gasteiger partial charge >= 0.3 is 0 Å². The molecule has 1 fully saturated rings. The third-order valence-corrected chi connectivity index (χ3v) is 4.81. The zero-order valence-electron chi connectivity index (χ0n) is 10.1. The SMILES string of the molecule is C=C(C)C12CC=C(C)C(C1)C(O)CC2C. The van der Waals surface area contributed by atoms with Crippen LogP contribution in [0.3, 0.4) is 0 Å². The predicted octanol–water partition coefficient (Wildman–Crippen LogP) is 3.31. The van der Waals surface area contributed by atoms with E-state index in [4.69, 9.17) is 0 Å². The van der Waals surface area contributed by atoms with Crippen molar-refractivity contribution in [2.75, 3.05) is 0 Å². The second kappa shape index (κ2) is 3.48. The average molecular weight is 206 g/mol. The van der Waals surface area contributed by atoms with E-state index in [1.165, 1.54) is 11.1 Å². The van der Waals surface area contributed by atoms with Crippen molar-refractivity contribution in [3.63, 3.8) is 0 Å². The normalized spacial score (nSPS) is 44.8. The van der Waals surface area contributed by atoms with Crippen LogP contribution < -0.4 is 0 Å². The highest BCUT2D eigenvalue weighted by Crippen LogP contribution is 2.55. The molecule has 0 spiro atoms. The second-order valence-electron chi connectivity index (χ2n) is 5.60. The van der Waals surface area contributed by atoms with Gasteiger partial charge in [0, 0.05) is 5.92 Å². The quantitative estimate of drug-likeness (QED) is 0.653. The fourth-order valence-electron chi connectivity index (χ4n) is 3.49. The number of allylic oxidation sites excluding steroid dienone is 2. The predicted molar refractivity (Wildman–Crippen MR) is 63.5 cm³/mol. The first-order chi connectivity index (χ1) is 6.97. The molecule has 2 rings (SSSR count). The van der Waals surface area contributed by atoms with Crippen LogP contribution in [-0.2, 0) is 0 Å². The molecular formula is C14H22O. The Hall–Kier alpha value is -0.560. The van der Waals surface area contributed by atoms with Gasteiger partial charge in [0.2, 0.25) is 0 Å². The zero-order chi connectivity index (χ0) is 11.2. The summed E-state index contributed by atoms with van der Waals surface area (Å²) in [6, 6.07) is 0. The first kappa shape index (κ1) is 10.9. The van der Waals surface area contributed by atoms with E-state index < -0.39 is 0 Å². The molecule has 2 bridgehead atoms. The summed E-state index contributed by atoms with van der Waals surface area (Å²) in [7, 11) is 0. The van der Waals surface area contributed by atoms with Crippen LogP contribution in [0.15, 0.2) is 23.8 Å².